The van der Waals surface area contributed by atoms with Crippen LogP contribution in [0.2, 0.25) is 0 Å². The summed E-state index contributed by atoms with van der Waals surface area (Å²) in [5, 5.41) is 10.0. The zero-order valence-corrected chi connectivity index (χ0v) is 18.7. The Labute approximate surface area is 178 Å². The van der Waals surface area contributed by atoms with Crippen molar-refractivity contribution < 1.29 is 18.3 Å². The van der Waals surface area contributed by atoms with Crippen molar-refractivity contribution in [2.24, 2.45) is 0 Å². The molecule has 0 fully saturated rings. The van der Waals surface area contributed by atoms with Crippen LogP contribution in [0.1, 0.15) is 42.0 Å². The normalized spacial score (nSPS) is 11.5. The number of hydrogen-bond acceptors (Lipinski definition) is 4. The minimum atomic E-state index is -3.67. The number of sulfonamides is 1. The highest BCUT2D eigenvalue weighted by Crippen LogP contribution is 2.35. The van der Waals surface area contributed by atoms with Crippen molar-refractivity contribution in [2.45, 2.75) is 45.4 Å². The van der Waals surface area contributed by atoms with Crippen LogP contribution in [0.5, 0.6) is 17.2 Å². The summed E-state index contributed by atoms with van der Waals surface area (Å²) in [5.41, 5.74) is 3.89. The Kier molecular flexibility index (Phi) is 6.08. The number of hydrogen-bond donors (Lipinski definition) is 2. The van der Waals surface area contributed by atoms with E-state index in [0.717, 1.165) is 22.3 Å². The molecule has 6 heteroatoms. The monoisotopic (exact) mass is 425 g/mol. The largest absolute Gasteiger partial charge is 0.508 e. The first-order chi connectivity index (χ1) is 14.1. The van der Waals surface area contributed by atoms with Gasteiger partial charge in [0.2, 0.25) is 0 Å². The summed E-state index contributed by atoms with van der Waals surface area (Å²) in [6.45, 7) is 9.66. The molecule has 5 nitrogen and oxygen atoms in total. The lowest BCUT2D eigenvalue weighted by Crippen LogP contribution is -2.13. The Hall–Kier alpha value is -2.99. The average molecular weight is 426 g/mol. The molecule has 0 amide bonds. The molecule has 158 valence electrons. The zero-order valence-electron chi connectivity index (χ0n) is 17.9. The highest BCUT2D eigenvalue weighted by Gasteiger charge is 2.16. The minimum Gasteiger partial charge on any atom is -0.508 e. The van der Waals surface area contributed by atoms with E-state index in [9.17, 15) is 13.5 Å². The molecule has 0 saturated heterocycles. The number of ether oxygens (including phenoxy) is 1. The van der Waals surface area contributed by atoms with Crippen molar-refractivity contribution in [3.8, 4) is 17.2 Å². The van der Waals surface area contributed by atoms with Crippen LogP contribution in [-0.4, -0.2) is 13.5 Å². The van der Waals surface area contributed by atoms with Crippen molar-refractivity contribution >= 4 is 15.7 Å². The van der Waals surface area contributed by atoms with E-state index in [1.54, 1.807) is 48.5 Å². The van der Waals surface area contributed by atoms with Crippen molar-refractivity contribution in [2.75, 3.05) is 4.72 Å². The lowest BCUT2D eigenvalue weighted by molar-refractivity contribution is 0.452. The second kappa shape index (κ2) is 8.40. The van der Waals surface area contributed by atoms with E-state index in [4.69, 9.17) is 4.74 Å². The first-order valence-corrected chi connectivity index (χ1v) is 11.3. The van der Waals surface area contributed by atoms with Gasteiger partial charge in [-0.05, 0) is 80.3 Å². The van der Waals surface area contributed by atoms with Crippen molar-refractivity contribution in [3.63, 3.8) is 0 Å². The van der Waals surface area contributed by atoms with Crippen LogP contribution in [0, 0.1) is 20.8 Å². The fourth-order valence-corrected chi connectivity index (χ4v) is 4.32. The lowest BCUT2D eigenvalue weighted by atomic mass is 10.0. The van der Waals surface area contributed by atoms with E-state index < -0.39 is 10.0 Å². The van der Waals surface area contributed by atoms with Gasteiger partial charge in [-0.25, -0.2) is 8.42 Å². The van der Waals surface area contributed by atoms with Gasteiger partial charge in [0, 0.05) is 11.3 Å². The molecule has 2 N–H and O–H groups in total. The molecule has 0 heterocycles. The van der Waals surface area contributed by atoms with E-state index in [1.807, 2.05) is 40.7 Å². The van der Waals surface area contributed by atoms with Crippen molar-refractivity contribution in [3.05, 3.63) is 76.9 Å². The molecule has 0 bridgehead atoms. The van der Waals surface area contributed by atoms with Gasteiger partial charge in [-0.15, -0.1) is 0 Å². The van der Waals surface area contributed by atoms with E-state index in [0.29, 0.717) is 17.2 Å². The summed E-state index contributed by atoms with van der Waals surface area (Å²) in [4.78, 5) is 0.217. The molecule has 0 atom stereocenters. The number of aryl methyl sites for hydroxylation is 3. The molecular formula is C24H27NO4S. The molecular weight excluding hydrogens is 398 g/mol. The maximum Gasteiger partial charge on any atom is 0.261 e. The molecule has 3 aromatic carbocycles. The molecule has 30 heavy (non-hydrogen) atoms. The second-order valence-corrected chi connectivity index (χ2v) is 9.52. The van der Waals surface area contributed by atoms with Crippen molar-refractivity contribution in [1.82, 2.24) is 0 Å². The number of nitrogens with one attached hydrogen (secondary N) is 1. The summed E-state index contributed by atoms with van der Waals surface area (Å²) in [7, 11) is -3.67. The van der Waals surface area contributed by atoms with Crippen LogP contribution >= 0.6 is 0 Å². The number of aromatic hydroxyl groups is 1. The number of phenols is 1. The van der Waals surface area contributed by atoms with E-state index >= 15 is 0 Å². The molecule has 0 radical (unpaired) electrons. The number of rotatable bonds is 6. The number of anilines is 1. The Morgan fingerprint density at radius 2 is 1.50 bits per heavy atom. The van der Waals surface area contributed by atoms with E-state index in [-0.39, 0.29) is 16.6 Å². The molecule has 0 spiro atoms. The average Bonchev–Trinajstić information content (AvgIpc) is 2.65. The summed E-state index contributed by atoms with van der Waals surface area (Å²) >= 11 is 0. The van der Waals surface area contributed by atoms with Gasteiger partial charge in [0.25, 0.3) is 10.0 Å². The third-order valence-corrected chi connectivity index (χ3v) is 6.28. The molecule has 0 saturated carbocycles. The number of phenolic OH excluding ortho intramolecular Hbond substituents is 1. The molecule has 0 aromatic heterocycles. The van der Waals surface area contributed by atoms with Gasteiger partial charge < -0.3 is 9.84 Å². The third kappa shape index (κ3) is 4.76. The van der Waals surface area contributed by atoms with Crippen LogP contribution in [0.4, 0.5) is 5.69 Å². The van der Waals surface area contributed by atoms with Crippen LogP contribution in [0.15, 0.2) is 59.5 Å². The quantitative estimate of drug-likeness (QED) is 0.505. The SMILES string of the molecule is Cc1ccc(S(=O)(=O)Nc2cc(C)c(Oc3ccc(O)c(C(C)C)c3)c(C)c2)cc1. The summed E-state index contributed by atoms with van der Waals surface area (Å²) < 4.78 is 34.1. The van der Waals surface area contributed by atoms with Crippen molar-refractivity contribution in [1.29, 1.82) is 0 Å². The maximum atomic E-state index is 12.7. The van der Waals surface area contributed by atoms with Crippen LogP contribution in [-0.2, 0) is 10.0 Å². The van der Waals surface area contributed by atoms with Crippen LogP contribution in [0.3, 0.4) is 0 Å². The molecule has 0 aliphatic carbocycles. The molecule has 3 aromatic rings. The van der Waals surface area contributed by atoms with Gasteiger partial charge in [0.1, 0.15) is 17.2 Å². The lowest BCUT2D eigenvalue weighted by Gasteiger charge is -2.16. The predicted octanol–water partition coefficient (Wildman–Crippen LogP) is 6.03. The summed E-state index contributed by atoms with van der Waals surface area (Å²) in [6.07, 6.45) is 0. The van der Waals surface area contributed by atoms with E-state index in [1.165, 1.54) is 0 Å². The maximum absolute atomic E-state index is 12.7. The Morgan fingerprint density at radius 3 is 2.07 bits per heavy atom. The van der Waals surface area contributed by atoms with Gasteiger partial charge in [0.15, 0.2) is 0 Å². The van der Waals surface area contributed by atoms with Gasteiger partial charge in [0.05, 0.1) is 4.90 Å². The highest BCUT2D eigenvalue weighted by molar-refractivity contribution is 7.92. The molecule has 0 aliphatic heterocycles. The fraction of sp³-hybridized carbons (Fsp3) is 0.250. The van der Waals surface area contributed by atoms with Crippen LogP contribution < -0.4 is 9.46 Å². The topological polar surface area (TPSA) is 75.6 Å². The standard InChI is InChI=1S/C24H27NO4S/c1-15(2)22-14-20(8-11-23(22)26)29-24-17(4)12-19(13-18(24)5)25-30(27,28)21-9-6-16(3)7-10-21/h6-15,25-26H,1-5H3. The van der Waals surface area contributed by atoms with Gasteiger partial charge >= 0.3 is 0 Å². The summed E-state index contributed by atoms with van der Waals surface area (Å²) in [5.74, 6) is 1.69. The third-order valence-electron chi connectivity index (χ3n) is 4.88. The molecule has 0 unspecified atom stereocenters. The number of benzene rings is 3. The summed E-state index contributed by atoms with van der Waals surface area (Å²) in [6, 6.07) is 15.4. The van der Waals surface area contributed by atoms with Gasteiger partial charge in [-0.1, -0.05) is 31.5 Å². The Balaban J connectivity index is 1.87. The fourth-order valence-electron chi connectivity index (χ4n) is 3.28. The Morgan fingerprint density at radius 1 is 0.900 bits per heavy atom. The predicted molar refractivity (Wildman–Crippen MR) is 120 cm³/mol. The minimum absolute atomic E-state index is 0.161. The first-order valence-electron chi connectivity index (χ1n) is 9.78. The second-order valence-electron chi connectivity index (χ2n) is 7.84. The van der Waals surface area contributed by atoms with Gasteiger partial charge in [-0.3, -0.25) is 4.72 Å². The first kappa shape index (κ1) is 21.7. The van der Waals surface area contributed by atoms with Gasteiger partial charge in [-0.2, -0.15) is 0 Å². The highest BCUT2D eigenvalue weighted by atomic mass is 32.2. The van der Waals surface area contributed by atoms with E-state index in [2.05, 4.69) is 4.72 Å². The smallest absolute Gasteiger partial charge is 0.261 e. The molecule has 3 rings (SSSR count). The van der Waals surface area contributed by atoms with Crippen LogP contribution in [0.25, 0.3) is 0 Å². The molecule has 0 aliphatic rings. The Bertz CT molecular complexity index is 1140. The zero-order chi connectivity index (χ0) is 22.1.